The summed E-state index contributed by atoms with van der Waals surface area (Å²) < 4.78 is 6.06. The van der Waals surface area contributed by atoms with Gasteiger partial charge in [0, 0.05) is 43.1 Å². The van der Waals surface area contributed by atoms with E-state index in [-0.39, 0.29) is 0 Å². The van der Waals surface area contributed by atoms with Crippen LogP contribution in [0.3, 0.4) is 0 Å². The van der Waals surface area contributed by atoms with Crippen LogP contribution in [0.25, 0.3) is 0 Å². The predicted octanol–water partition coefficient (Wildman–Crippen LogP) is 3.57. The van der Waals surface area contributed by atoms with E-state index in [2.05, 4.69) is 46.2 Å². The van der Waals surface area contributed by atoms with Gasteiger partial charge in [0.25, 0.3) is 0 Å². The van der Waals surface area contributed by atoms with Crippen LogP contribution in [0.5, 0.6) is 5.75 Å². The van der Waals surface area contributed by atoms with Crippen LogP contribution in [0.4, 0.5) is 5.95 Å². The third-order valence-electron chi connectivity index (χ3n) is 5.47. The van der Waals surface area contributed by atoms with Gasteiger partial charge in [-0.05, 0) is 51.2 Å². The Hall–Kier alpha value is -2.14. The molecule has 0 spiro atoms. The lowest BCUT2D eigenvalue weighted by Crippen LogP contribution is -2.44. The zero-order chi connectivity index (χ0) is 17.9. The molecule has 2 aromatic rings. The Morgan fingerprint density at radius 2 is 1.85 bits per heavy atom. The van der Waals surface area contributed by atoms with Crippen molar-refractivity contribution in [2.75, 3.05) is 24.6 Å². The molecule has 1 atom stereocenters. The minimum atomic E-state index is 0.385. The van der Waals surface area contributed by atoms with Crippen LogP contribution in [0.2, 0.25) is 0 Å². The van der Waals surface area contributed by atoms with Gasteiger partial charge in [-0.3, -0.25) is 0 Å². The van der Waals surface area contributed by atoms with Gasteiger partial charge in [-0.15, -0.1) is 0 Å². The van der Waals surface area contributed by atoms with E-state index < -0.39 is 0 Å². The highest BCUT2D eigenvalue weighted by atomic mass is 16.5. The first kappa shape index (κ1) is 17.3. The Balaban J connectivity index is 1.44. The van der Waals surface area contributed by atoms with Gasteiger partial charge in [-0.2, -0.15) is 0 Å². The van der Waals surface area contributed by atoms with Gasteiger partial charge in [0.2, 0.25) is 5.95 Å². The molecule has 1 aromatic heterocycles. The quantitative estimate of drug-likeness (QED) is 0.915. The van der Waals surface area contributed by atoms with E-state index in [9.17, 15) is 0 Å². The monoisotopic (exact) mass is 352 g/mol. The number of piperidine rings is 1. The third-order valence-corrected chi connectivity index (χ3v) is 5.47. The number of benzene rings is 1. The molecule has 3 heterocycles. The van der Waals surface area contributed by atoms with Gasteiger partial charge in [0.05, 0.1) is 6.61 Å². The Labute approximate surface area is 155 Å². The number of hydrogen-bond donors (Lipinski definition) is 1. The standard InChI is InChI=1S/C21H28N4O/c1-15-13-16(2)20-18(14-15)19(5-3-12-26-20)24-17-6-10-25(11-7-17)21-22-8-4-9-23-21/h4,8-9,13-14,17,19,24H,3,5-7,10-12H2,1-2H3. The molecule has 1 unspecified atom stereocenters. The summed E-state index contributed by atoms with van der Waals surface area (Å²) in [5, 5.41) is 3.93. The maximum Gasteiger partial charge on any atom is 0.225 e. The van der Waals surface area contributed by atoms with Gasteiger partial charge in [0.1, 0.15) is 5.75 Å². The fourth-order valence-corrected chi connectivity index (χ4v) is 4.22. The summed E-state index contributed by atoms with van der Waals surface area (Å²) in [7, 11) is 0. The number of aryl methyl sites for hydroxylation is 2. The number of hydrogen-bond acceptors (Lipinski definition) is 5. The zero-order valence-corrected chi connectivity index (χ0v) is 15.7. The maximum absolute atomic E-state index is 6.06. The first-order valence-corrected chi connectivity index (χ1v) is 9.72. The largest absolute Gasteiger partial charge is 0.493 e. The van der Waals surface area contributed by atoms with Crippen LogP contribution >= 0.6 is 0 Å². The lowest BCUT2D eigenvalue weighted by atomic mass is 9.95. The molecule has 4 rings (SSSR count). The van der Waals surface area contributed by atoms with Crippen LogP contribution in [0.1, 0.15) is 48.4 Å². The normalized spacial score (nSPS) is 21.0. The van der Waals surface area contributed by atoms with E-state index in [0.29, 0.717) is 12.1 Å². The fourth-order valence-electron chi connectivity index (χ4n) is 4.22. The van der Waals surface area contributed by atoms with Crippen molar-refractivity contribution in [3.05, 3.63) is 47.3 Å². The van der Waals surface area contributed by atoms with E-state index in [1.807, 2.05) is 18.5 Å². The van der Waals surface area contributed by atoms with Crippen LogP contribution in [0.15, 0.2) is 30.6 Å². The van der Waals surface area contributed by atoms with Crippen molar-refractivity contribution < 1.29 is 4.74 Å². The van der Waals surface area contributed by atoms with Crippen molar-refractivity contribution in [3.8, 4) is 5.75 Å². The van der Waals surface area contributed by atoms with Gasteiger partial charge < -0.3 is 15.0 Å². The highest BCUT2D eigenvalue weighted by Gasteiger charge is 2.27. The Morgan fingerprint density at radius 1 is 1.08 bits per heavy atom. The van der Waals surface area contributed by atoms with Crippen LogP contribution in [-0.4, -0.2) is 35.7 Å². The lowest BCUT2D eigenvalue weighted by molar-refractivity contribution is 0.310. The molecule has 1 aromatic carbocycles. The Kier molecular flexibility index (Phi) is 5.07. The molecule has 5 nitrogen and oxygen atoms in total. The molecule has 1 saturated heterocycles. The van der Waals surface area contributed by atoms with Crippen molar-refractivity contribution in [2.45, 2.75) is 51.6 Å². The van der Waals surface area contributed by atoms with Crippen LogP contribution in [0, 0.1) is 13.8 Å². The Bertz CT molecular complexity index is 741. The van der Waals surface area contributed by atoms with Gasteiger partial charge >= 0.3 is 0 Å². The highest BCUT2D eigenvalue weighted by Crippen LogP contribution is 2.36. The lowest BCUT2D eigenvalue weighted by Gasteiger charge is -2.34. The maximum atomic E-state index is 6.06. The topological polar surface area (TPSA) is 50.3 Å². The average Bonchev–Trinajstić information content (AvgIpc) is 2.86. The van der Waals surface area contributed by atoms with Gasteiger partial charge in [0.15, 0.2) is 0 Å². The summed E-state index contributed by atoms with van der Waals surface area (Å²) in [6.07, 6.45) is 8.12. The van der Waals surface area contributed by atoms with E-state index in [1.165, 1.54) is 16.7 Å². The average molecular weight is 352 g/mol. The molecule has 0 amide bonds. The molecule has 0 aliphatic carbocycles. The first-order valence-electron chi connectivity index (χ1n) is 9.72. The number of nitrogens with zero attached hydrogens (tertiary/aromatic N) is 3. The number of aromatic nitrogens is 2. The molecule has 1 N–H and O–H groups in total. The molecule has 0 bridgehead atoms. The van der Waals surface area contributed by atoms with Crippen molar-refractivity contribution in [1.82, 2.24) is 15.3 Å². The summed E-state index contributed by atoms with van der Waals surface area (Å²) in [4.78, 5) is 11.1. The number of fused-ring (bicyclic) bond motifs is 1. The smallest absolute Gasteiger partial charge is 0.225 e. The van der Waals surface area contributed by atoms with Gasteiger partial charge in [-0.25, -0.2) is 9.97 Å². The van der Waals surface area contributed by atoms with Crippen molar-refractivity contribution in [2.24, 2.45) is 0 Å². The van der Waals surface area contributed by atoms with Crippen LogP contribution < -0.4 is 15.0 Å². The molecule has 0 radical (unpaired) electrons. The third kappa shape index (κ3) is 3.68. The van der Waals surface area contributed by atoms with E-state index in [0.717, 1.165) is 57.1 Å². The van der Waals surface area contributed by atoms with Crippen molar-refractivity contribution >= 4 is 5.95 Å². The molecule has 2 aliphatic rings. The molecule has 1 fully saturated rings. The number of ether oxygens (including phenoxy) is 1. The fraction of sp³-hybridized carbons (Fsp3) is 0.524. The molecule has 138 valence electrons. The van der Waals surface area contributed by atoms with E-state index >= 15 is 0 Å². The van der Waals surface area contributed by atoms with Crippen molar-refractivity contribution in [1.29, 1.82) is 0 Å². The van der Waals surface area contributed by atoms with Gasteiger partial charge in [-0.1, -0.05) is 17.7 Å². The number of nitrogens with one attached hydrogen (secondary N) is 1. The number of anilines is 1. The summed E-state index contributed by atoms with van der Waals surface area (Å²) >= 11 is 0. The summed E-state index contributed by atoms with van der Waals surface area (Å²) in [6.45, 7) is 7.16. The molecular formula is C21H28N4O. The predicted molar refractivity (Wildman–Crippen MR) is 104 cm³/mol. The second kappa shape index (κ2) is 7.62. The summed E-state index contributed by atoms with van der Waals surface area (Å²) in [5.41, 5.74) is 3.91. The molecular weight excluding hydrogens is 324 g/mol. The summed E-state index contributed by atoms with van der Waals surface area (Å²) in [5.74, 6) is 1.95. The summed E-state index contributed by atoms with van der Waals surface area (Å²) in [6, 6.07) is 7.31. The molecule has 2 aliphatic heterocycles. The van der Waals surface area contributed by atoms with Crippen LogP contribution in [-0.2, 0) is 0 Å². The SMILES string of the molecule is Cc1cc(C)c2c(c1)C(NC1CCN(c3ncccn3)CC1)CCCO2. The molecule has 26 heavy (non-hydrogen) atoms. The van der Waals surface area contributed by atoms with E-state index in [4.69, 9.17) is 4.74 Å². The van der Waals surface area contributed by atoms with E-state index in [1.54, 1.807) is 0 Å². The second-order valence-electron chi connectivity index (χ2n) is 7.52. The zero-order valence-electron chi connectivity index (χ0n) is 15.7. The first-order chi connectivity index (χ1) is 12.7. The minimum absolute atomic E-state index is 0.385. The number of rotatable bonds is 3. The molecule has 0 saturated carbocycles. The van der Waals surface area contributed by atoms with Crippen molar-refractivity contribution in [3.63, 3.8) is 0 Å². The Morgan fingerprint density at radius 3 is 2.62 bits per heavy atom. The highest BCUT2D eigenvalue weighted by molar-refractivity contribution is 5.46. The second-order valence-corrected chi connectivity index (χ2v) is 7.52. The minimum Gasteiger partial charge on any atom is -0.493 e. The molecule has 5 heteroatoms.